The zero-order valence-corrected chi connectivity index (χ0v) is 20.1. The maximum Gasteiger partial charge on any atom is 0.417 e. The van der Waals surface area contributed by atoms with Crippen molar-refractivity contribution in [2.75, 3.05) is 0 Å². The standard InChI is InChI=1S/C23H25ClF4N2O3S/c1-14(15-3-5-16(25)6-4-15)29-21(31)22(2)11-9-17(10-12-22)30-34(32,33)18-7-8-19(20(24)13-18)23(26,27)28/h3-8,13-14,17,30H,9-12H2,1-2H3,(H,29,31)/t14-,17-,22-/m1/s1. The summed E-state index contributed by atoms with van der Waals surface area (Å²) in [4.78, 5) is 12.5. The number of hydrogen-bond acceptors (Lipinski definition) is 3. The molecule has 0 spiro atoms. The lowest BCUT2D eigenvalue weighted by atomic mass is 9.73. The Morgan fingerprint density at radius 1 is 1.12 bits per heavy atom. The van der Waals surface area contributed by atoms with Gasteiger partial charge in [-0.15, -0.1) is 0 Å². The van der Waals surface area contributed by atoms with E-state index in [1.165, 1.54) is 12.1 Å². The Labute approximate surface area is 200 Å². The van der Waals surface area contributed by atoms with Crippen LogP contribution >= 0.6 is 11.6 Å². The summed E-state index contributed by atoms with van der Waals surface area (Å²) in [5.41, 5.74) is -1.06. The van der Waals surface area contributed by atoms with Crippen LogP contribution in [0.4, 0.5) is 17.6 Å². The molecule has 186 valence electrons. The summed E-state index contributed by atoms with van der Waals surface area (Å²) in [6, 6.07) is 7.33. The fourth-order valence-corrected chi connectivity index (χ4v) is 5.67. The van der Waals surface area contributed by atoms with E-state index < -0.39 is 38.2 Å². The van der Waals surface area contributed by atoms with E-state index in [-0.39, 0.29) is 22.7 Å². The molecule has 1 atom stereocenters. The first kappa shape index (κ1) is 26.4. The van der Waals surface area contributed by atoms with Gasteiger partial charge in [0, 0.05) is 11.5 Å². The Balaban J connectivity index is 1.60. The molecule has 11 heteroatoms. The van der Waals surface area contributed by atoms with Crippen molar-refractivity contribution in [1.29, 1.82) is 0 Å². The van der Waals surface area contributed by atoms with Crippen LogP contribution in [0.5, 0.6) is 0 Å². The number of amides is 1. The lowest BCUT2D eigenvalue weighted by Crippen LogP contribution is -2.46. The fourth-order valence-electron chi connectivity index (χ4n) is 3.99. The first-order valence-corrected chi connectivity index (χ1v) is 12.5. The van der Waals surface area contributed by atoms with Gasteiger partial charge in [0.15, 0.2) is 0 Å². The molecule has 1 amide bonds. The molecule has 1 aliphatic carbocycles. The number of halogens is 5. The summed E-state index contributed by atoms with van der Waals surface area (Å²) in [5.74, 6) is -0.547. The maximum absolute atomic E-state index is 13.1. The van der Waals surface area contributed by atoms with Crippen molar-refractivity contribution >= 4 is 27.5 Å². The third kappa shape index (κ3) is 6.09. The zero-order chi connectivity index (χ0) is 25.3. The van der Waals surface area contributed by atoms with Crippen molar-refractivity contribution in [3.05, 3.63) is 64.4 Å². The highest BCUT2D eigenvalue weighted by atomic mass is 35.5. The number of carbonyl (C=O) groups excluding carboxylic acids is 1. The highest BCUT2D eigenvalue weighted by Crippen LogP contribution is 2.38. The van der Waals surface area contributed by atoms with Crippen LogP contribution in [0.25, 0.3) is 0 Å². The lowest BCUT2D eigenvalue weighted by Gasteiger charge is -2.37. The van der Waals surface area contributed by atoms with E-state index in [1.807, 2.05) is 0 Å². The Morgan fingerprint density at radius 2 is 1.71 bits per heavy atom. The summed E-state index contributed by atoms with van der Waals surface area (Å²) in [6.07, 6.45) is -3.11. The van der Waals surface area contributed by atoms with E-state index in [0.29, 0.717) is 31.7 Å². The summed E-state index contributed by atoms with van der Waals surface area (Å²) in [7, 11) is -4.09. The summed E-state index contributed by atoms with van der Waals surface area (Å²) < 4.78 is 79.6. The molecular formula is C23H25ClF4N2O3S. The second kappa shape index (κ2) is 9.83. The molecule has 0 saturated heterocycles. The van der Waals surface area contributed by atoms with Crippen LogP contribution in [0.2, 0.25) is 5.02 Å². The number of benzene rings is 2. The lowest BCUT2D eigenvalue weighted by molar-refractivity contribution is -0.137. The third-order valence-electron chi connectivity index (χ3n) is 6.23. The van der Waals surface area contributed by atoms with Crippen molar-refractivity contribution < 1.29 is 30.8 Å². The van der Waals surface area contributed by atoms with Gasteiger partial charge in [-0.2, -0.15) is 13.2 Å². The molecule has 0 unspecified atom stereocenters. The van der Waals surface area contributed by atoms with Gasteiger partial charge in [-0.3, -0.25) is 4.79 Å². The third-order valence-corrected chi connectivity index (χ3v) is 8.06. The Bertz CT molecular complexity index is 1150. The SMILES string of the molecule is C[C@@H](NC(=O)[C@]1(C)CC[C@@H](NS(=O)(=O)c2ccc(C(F)(F)F)c(Cl)c2)CC1)c1ccc(F)cc1. The Kier molecular flexibility index (Phi) is 7.64. The van der Waals surface area contributed by atoms with Gasteiger partial charge in [-0.25, -0.2) is 17.5 Å². The molecule has 2 aromatic rings. The second-order valence-electron chi connectivity index (χ2n) is 8.84. The molecule has 0 bridgehead atoms. The Morgan fingerprint density at radius 3 is 2.24 bits per heavy atom. The summed E-state index contributed by atoms with van der Waals surface area (Å²) in [6.45, 7) is 3.60. The molecule has 1 aliphatic rings. The number of hydrogen-bond donors (Lipinski definition) is 2. The normalized spacial score (nSPS) is 22.3. The van der Waals surface area contributed by atoms with Crippen molar-refractivity contribution in [3.8, 4) is 0 Å². The van der Waals surface area contributed by atoms with Crippen molar-refractivity contribution in [1.82, 2.24) is 10.0 Å². The molecule has 0 aromatic heterocycles. The van der Waals surface area contributed by atoms with Crippen LogP contribution in [0, 0.1) is 11.2 Å². The largest absolute Gasteiger partial charge is 0.417 e. The number of rotatable bonds is 6. The fraction of sp³-hybridized carbons (Fsp3) is 0.435. The predicted octanol–water partition coefficient (Wildman–Crippen LogP) is 5.60. The summed E-state index contributed by atoms with van der Waals surface area (Å²) >= 11 is 5.65. The molecule has 2 aromatic carbocycles. The van der Waals surface area contributed by atoms with E-state index in [2.05, 4.69) is 10.0 Å². The number of carbonyl (C=O) groups is 1. The monoisotopic (exact) mass is 520 g/mol. The van der Waals surface area contributed by atoms with Crippen LogP contribution < -0.4 is 10.0 Å². The van der Waals surface area contributed by atoms with Crippen LogP contribution in [0.15, 0.2) is 47.4 Å². The summed E-state index contributed by atoms with van der Waals surface area (Å²) in [5, 5.41) is 2.24. The first-order valence-electron chi connectivity index (χ1n) is 10.7. The van der Waals surface area contributed by atoms with Gasteiger partial charge in [0.05, 0.1) is 21.5 Å². The predicted molar refractivity (Wildman–Crippen MR) is 120 cm³/mol. The maximum atomic E-state index is 13.1. The topological polar surface area (TPSA) is 75.3 Å². The van der Waals surface area contributed by atoms with Crippen LogP contribution in [-0.4, -0.2) is 20.4 Å². The highest BCUT2D eigenvalue weighted by molar-refractivity contribution is 7.89. The Hall–Kier alpha value is -2.17. The van der Waals surface area contributed by atoms with E-state index >= 15 is 0 Å². The average molecular weight is 521 g/mol. The molecule has 0 radical (unpaired) electrons. The van der Waals surface area contributed by atoms with Gasteiger partial charge in [0.25, 0.3) is 0 Å². The molecule has 5 nitrogen and oxygen atoms in total. The van der Waals surface area contributed by atoms with Gasteiger partial charge >= 0.3 is 6.18 Å². The highest BCUT2D eigenvalue weighted by Gasteiger charge is 2.39. The van der Waals surface area contributed by atoms with Gasteiger partial charge in [-0.1, -0.05) is 30.7 Å². The minimum atomic E-state index is -4.69. The molecule has 1 saturated carbocycles. The average Bonchev–Trinajstić information content (AvgIpc) is 2.74. The first-order chi connectivity index (χ1) is 15.7. The minimum Gasteiger partial charge on any atom is -0.349 e. The van der Waals surface area contributed by atoms with Crippen LogP contribution in [0.3, 0.4) is 0 Å². The molecule has 0 heterocycles. The quantitative estimate of drug-likeness (QED) is 0.487. The van der Waals surface area contributed by atoms with E-state index in [0.717, 1.165) is 17.7 Å². The van der Waals surface area contributed by atoms with Gasteiger partial charge in [0.1, 0.15) is 5.82 Å². The van der Waals surface area contributed by atoms with E-state index in [9.17, 15) is 30.8 Å². The van der Waals surface area contributed by atoms with Crippen molar-refractivity contribution in [2.24, 2.45) is 5.41 Å². The number of nitrogens with one attached hydrogen (secondary N) is 2. The van der Waals surface area contributed by atoms with Gasteiger partial charge in [0.2, 0.25) is 15.9 Å². The molecule has 1 fully saturated rings. The molecule has 34 heavy (non-hydrogen) atoms. The van der Waals surface area contributed by atoms with Crippen LogP contribution in [0.1, 0.15) is 56.7 Å². The zero-order valence-electron chi connectivity index (χ0n) is 18.5. The molecule has 3 rings (SSSR count). The number of sulfonamides is 1. The molecule has 0 aliphatic heterocycles. The van der Waals surface area contributed by atoms with Crippen molar-refractivity contribution in [2.45, 2.75) is 62.7 Å². The molecular weight excluding hydrogens is 496 g/mol. The van der Waals surface area contributed by atoms with Crippen LogP contribution in [-0.2, 0) is 21.0 Å². The minimum absolute atomic E-state index is 0.180. The molecule has 2 N–H and O–H groups in total. The van der Waals surface area contributed by atoms with Crippen molar-refractivity contribution in [3.63, 3.8) is 0 Å². The van der Waals surface area contributed by atoms with Gasteiger partial charge in [-0.05, 0) is 68.5 Å². The smallest absolute Gasteiger partial charge is 0.349 e. The van der Waals surface area contributed by atoms with Gasteiger partial charge < -0.3 is 5.32 Å². The van der Waals surface area contributed by atoms with E-state index in [1.54, 1.807) is 26.0 Å². The second-order valence-corrected chi connectivity index (χ2v) is 11.0. The van der Waals surface area contributed by atoms with E-state index in [4.69, 9.17) is 11.6 Å². The number of alkyl halides is 3.